The average Bonchev–Trinajstić information content (AvgIpc) is 3.19. The first-order chi connectivity index (χ1) is 26.7. The predicted molar refractivity (Wildman–Crippen MR) is 208 cm³/mol. The number of halogens is 2. The highest BCUT2D eigenvalue weighted by Crippen LogP contribution is 2.27. The molecule has 2 aromatic carbocycles. The molecule has 286 valence electrons. The molecule has 0 radical (unpaired) electrons. The molecule has 55 heavy (non-hydrogen) atoms. The van der Waals surface area contributed by atoms with Crippen LogP contribution in [0.2, 0.25) is 0 Å². The van der Waals surface area contributed by atoms with Crippen molar-refractivity contribution >= 4 is 33.7 Å². The van der Waals surface area contributed by atoms with Gasteiger partial charge in [-0.15, -0.1) is 0 Å². The summed E-state index contributed by atoms with van der Waals surface area (Å²) in [5.41, 5.74) is 18.7. The molecule has 6 aromatic rings. The smallest absolute Gasteiger partial charge is 0.153 e. The number of benzene rings is 2. The lowest BCUT2D eigenvalue weighted by molar-refractivity contribution is 0.108. The molecule has 15 heteroatoms. The van der Waals surface area contributed by atoms with Crippen molar-refractivity contribution in [1.82, 2.24) is 44.6 Å². The summed E-state index contributed by atoms with van der Waals surface area (Å²) in [7, 11) is 0. The summed E-state index contributed by atoms with van der Waals surface area (Å²) in [6.45, 7) is 7.94. The first kappa shape index (κ1) is 38.0. The lowest BCUT2D eigenvalue weighted by Crippen LogP contribution is -2.46. The van der Waals surface area contributed by atoms with Gasteiger partial charge in [-0.2, -0.15) is 0 Å². The van der Waals surface area contributed by atoms with E-state index in [0.29, 0.717) is 81.8 Å². The lowest BCUT2D eigenvalue weighted by atomic mass is 9.97. The van der Waals surface area contributed by atoms with E-state index in [9.17, 15) is 13.9 Å². The van der Waals surface area contributed by atoms with Crippen LogP contribution in [0.1, 0.15) is 24.0 Å². The van der Waals surface area contributed by atoms with Gasteiger partial charge in [0, 0.05) is 63.5 Å². The van der Waals surface area contributed by atoms with Gasteiger partial charge in [-0.3, -0.25) is 14.7 Å². The Morgan fingerprint density at radius 2 is 1.07 bits per heavy atom. The average molecular weight is 750 g/mol. The third-order valence-electron chi connectivity index (χ3n) is 10.2. The largest absolute Gasteiger partial charge is 0.396 e. The van der Waals surface area contributed by atoms with Crippen molar-refractivity contribution in [3.63, 3.8) is 0 Å². The van der Waals surface area contributed by atoms with Gasteiger partial charge in [0.2, 0.25) is 0 Å². The monoisotopic (exact) mass is 749 g/mol. The number of nitrogen functional groups attached to an aromatic ring is 2. The standard InChI is InChI=1S/C20H23FN6O.C20H22FN5O/c21-16-10-14(12-27-5-3-26(4-6-27)7-8-28)9-15(11-16)17-1-2-18-19(25-17)20(22)24-13-23-18;21-16-8-14(10-26-5-3-13(11-27)4-6-26)7-15(9-16)17-1-2-18-19(25-17)20(22)24-12-23-18/h1-2,9-11,13,28H,3-8,12H2,(H2,22,23,24);1-2,7-9,12-13,27H,3-6,10-11H2,(H2,22,23,24). The molecule has 0 atom stereocenters. The number of anilines is 2. The number of likely N-dealkylation sites (tertiary alicyclic amines) is 1. The highest BCUT2D eigenvalue weighted by atomic mass is 19.1. The Morgan fingerprint density at radius 1 is 0.600 bits per heavy atom. The first-order valence-corrected chi connectivity index (χ1v) is 18.5. The van der Waals surface area contributed by atoms with Crippen molar-refractivity contribution in [2.75, 3.05) is 70.5 Å². The van der Waals surface area contributed by atoms with E-state index in [1.54, 1.807) is 12.1 Å². The van der Waals surface area contributed by atoms with Gasteiger partial charge in [-0.25, -0.2) is 38.7 Å². The Balaban J connectivity index is 0.000000169. The zero-order chi connectivity index (χ0) is 38.3. The molecule has 0 aliphatic carbocycles. The predicted octanol–water partition coefficient (Wildman–Crippen LogP) is 4.14. The van der Waals surface area contributed by atoms with E-state index in [-0.39, 0.29) is 24.8 Å². The van der Waals surface area contributed by atoms with Crippen molar-refractivity contribution in [2.45, 2.75) is 25.9 Å². The van der Waals surface area contributed by atoms with Crippen LogP contribution in [0, 0.1) is 17.6 Å². The molecule has 13 nitrogen and oxygen atoms in total. The van der Waals surface area contributed by atoms with Crippen molar-refractivity contribution in [3.05, 3.63) is 96.1 Å². The number of piperazine rings is 1. The number of hydrogen-bond donors (Lipinski definition) is 4. The van der Waals surface area contributed by atoms with Crippen LogP contribution >= 0.6 is 0 Å². The molecule has 0 saturated carbocycles. The van der Waals surface area contributed by atoms with Crippen molar-refractivity contribution < 1.29 is 19.0 Å². The van der Waals surface area contributed by atoms with Crippen LogP contribution < -0.4 is 11.5 Å². The van der Waals surface area contributed by atoms with Crippen LogP contribution in [0.3, 0.4) is 0 Å². The molecule has 0 unspecified atom stereocenters. The van der Waals surface area contributed by atoms with Crippen LogP contribution in [0.15, 0.2) is 73.3 Å². The van der Waals surface area contributed by atoms with E-state index in [2.05, 4.69) is 44.6 Å². The van der Waals surface area contributed by atoms with Gasteiger partial charge < -0.3 is 21.7 Å². The van der Waals surface area contributed by atoms with Crippen LogP contribution in [0.25, 0.3) is 44.6 Å². The normalized spacial score (nSPS) is 16.0. The molecule has 6 heterocycles. The molecule has 8 rings (SSSR count). The zero-order valence-electron chi connectivity index (χ0n) is 30.5. The van der Waals surface area contributed by atoms with Gasteiger partial charge in [0.1, 0.15) is 35.3 Å². The molecule has 0 amide bonds. The lowest BCUT2D eigenvalue weighted by Gasteiger charge is -2.34. The van der Waals surface area contributed by atoms with E-state index >= 15 is 0 Å². The van der Waals surface area contributed by atoms with Gasteiger partial charge in [0.05, 0.1) is 29.0 Å². The van der Waals surface area contributed by atoms with E-state index in [1.165, 1.54) is 24.8 Å². The minimum Gasteiger partial charge on any atom is -0.396 e. The summed E-state index contributed by atoms with van der Waals surface area (Å²) in [5, 5.41) is 18.3. The zero-order valence-corrected chi connectivity index (χ0v) is 30.5. The number of hydrogen-bond acceptors (Lipinski definition) is 13. The second kappa shape index (κ2) is 17.4. The summed E-state index contributed by atoms with van der Waals surface area (Å²) in [5.74, 6) is 0.436. The van der Waals surface area contributed by atoms with Gasteiger partial charge >= 0.3 is 0 Å². The van der Waals surface area contributed by atoms with E-state index in [4.69, 9.17) is 16.6 Å². The van der Waals surface area contributed by atoms with E-state index in [1.807, 2.05) is 36.4 Å². The molecule has 0 bridgehead atoms. The van der Waals surface area contributed by atoms with E-state index in [0.717, 1.165) is 63.2 Å². The second-order valence-electron chi connectivity index (χ2n) is 14.1. The fourth-order valence-electron chi connectivity index (χ4n) is 7.17. The topological polar surface area (TPSA) is 180 Å². The highest BCUT2D eigenvalue weighted by molar-refractivity contribution is 5.86. The van der Waals surface area contributed by atoms with Crippen molar-refractivity contribution in [1.29, 1.82) is 0 Å². The van der Waals surface area contributed by atoms with Crippen LogP contribution in [0.4, 0.5) is 20.4 Å². The Morgan fingerprint density at radius 3 is 1.55 bits per heavy atom. The number of fused-ring (bicyclic) bond motifs is 2. The third kappa shape index (κ3) is 9.50. The molecule has 2 fully saturated rings. The maximum absolute atomic E-state index is 14.3. The number of aliphatic hydroxyl groups is 2. The highest BCUT2D eigenvalue weighted by Gasteiger charge is 2.20. The number of β-amino-alcohol motifs (C(OH)–C–C–N with tert-alkyl or cyclic N) is 1. The van der Waals surface area contributed by atoms with Crippen molar-refractivity contribution in [2.24, 2.45) is 5.92 Å². The number of piperidine rings is 1. The maximum Gasteiger partial charge on any atom is 0.153 e. The fraction of sp³-hybridized carbons (Fsp3) is 0.350. The van der Waals surface area contributed by atoms with Crippen molar-refractivity contribution in [3.8, 4) is 22.5 Å². The second-order valence-corrected chi connectivity index (χ2v) is 14.1. The number of aliphatic hydroxyl groups excluding tert-OH is 2. The molecule has 2 aliphatic heterocycles. The number of nitrogens with two attached hydrogens (primary N) is 2. The summed E-state index contributed by atoms with van der Waals surface area (Å²) in [6.07, 6.45) is 4.76. The molecule has 0 spiro atoms. The molecule has 2 aliphatic rings. The number of aromatic nitrogens is 6. The fourth-order valence-corrected chi connectivity index (χ4v) is 7.17. The van der Waals surface area contributed by atoms with Gasteiger partial charge in [0.15, 0.2) is 11.6 Å². The van der Waals surface area contributed by atoms with Gasteiger partial charge in [-0.05, 0) is 104 Å². The Kier molecular flexibility index (Phi) is 12.0. The minimum absolute atomic E-state index is 0.182. The quantitative estimate of drug-likeness (QED) is 0.166. The third-order valence-corrected chi connectivity index (χ3v) is 10.2. The maximum atomic E-state index is 14.3. The molecule has 6 N–H and O–H groups in total. The first-order valence-electron chi connectivity index (χ1n) is 18.5. The number of rotatable bonds is 9. The van der Waals surface area contributed by atoms with Gasteiger partial charge in [-0.1, -0.05) is 0 Å². The summed E-state index contributed by atoms with van der Waals surface area (Å²) >= 11 is 0. The molecule has 2 saturated heterocycles. The Labute approximate surface area is 317 Å². The Bertz CT molecular complexity index is 2250. The van der Waals surface area contributed by atoms with Crippen LogP contribution in [0.5, 0.6) is 0 Å². The molecular formula is C40H45F2N11O2. The summed E-state index contributed by atoms with van der Waals surface area (Å²) < 4.78 is 28.5. The van der Waals surface area contributed by atoms with Crippen LogP contribution in [-0.4, -0.2) is 114 Å². The SMILES string of the molecule is Nc1ncnc2ccc(-c3cc(F)cc(CN4CCC(CO)CC4)c3)nc12.Nc1ncnc2ccc(-c3cc(F)cc(CN4CCN(CCO)CC4)c3)nc12. The summed E-state index contributed by atoms with van der Waals surface area (Å²) in [4.78, 5) is 32.2. The molecule has 4 aromatic heterocycles. The van der Waals surface area contributed by atoms with E-state index < -0.39 is 0 Å². The Hall–Kier alpha value is -5.32. The molecular weight excluding hydrogens is 705 g/mol. The minimum atomic E-state index is -0.286. The van der Waals surface area contributed by atoms with Gasteiger partial charge in [0.25, 0.3) is 0 Å². The number of nitrogens with zero attached hydrogens (tertiary/aromatic N) is 9. The summed E-state index contributed by atoms with van der Waals surface area (Å²) in [6, 6.07) is 17.3. The van der Waals surface area contributed by atoms with Crippen LogP contribution in [-0.2, 0) is 13.1 Å². The number of pyridine rings is 2.